The number of hydrogen-bond donors (Lipinski definition) is 1. The number of halogens is 1. The van der Waals surface area contributed by atoms with Gasteiger partial charge in [-0.2, -0.15) is 4.98 Å². The van der Waals surface area contributed by atoms with Crippen molar-refractivity contribution in [2.45, 2.75) is 32.7 Å². The summed E-state index contributed by atoms with van der Waals surface area (Å²) in [6, 6.07) is 5.78. The van der Waals surface area contributed by atoms with Crippen molar-refractivity contribution in [1.82, 2.24) is 10.1 Å². The molecule has 0 aliphatic carbocycles. The summed E-state index contributed by atoms with van der Waals surface area (Å²) in [7, 11) is 0. The predicted octanol–water partition coefficient (Wildman–Crippen LogP) is 2.98. The number of nitrogens with zero attached hydrogens (tertiary/aromatic N) is 2. The van der Waals surface area contributed by atoms with Gasteiger partial charge in [0.1, 0.15) is 0 Å². The average Bonchev–Trinajstić information content (AvgIpc) is 2.80. The van der Waals surface area contributed by atoms with Gasteiger partial charge in [0.15, 0.2) is 5.82 Å². The van der Waals surface area contributed by atoms with Crippen LogP contribution in [0, 0.1) is 6.92 Å². The van der Waals surface area contributed by atoms with Crippen molar-refractivity contribution in [2.75, 3.05) is 0 Å². The second-order valence-electron chi connectivity index (χ2n) is 4.32. The largest absolute Gasteiger partial charge is 0.334 e. The van der Waals surface area contributed by atoms with Crippen LogP contribution in [-0.4, -0.2) is 16.2 Å². The zero-order valence-electron chi connectivity index (χ0n) is 10.5. The fourth-order valence-electron chi connectivity index (χ4n) is 1.64. The number of hydrogen-bond acceptors (Lipinski definition) is 4. The minimum atomic E-state index is 0.0587. The summed E-state index contributed by atoms with van der Waals surface area (Å²) in [5, 5.41) is 4.57. The van der Waals surface area contributed by atoms with Gasteiger partial charge in [-0.15, -0.1) is 0 Å². The Balaban J connectivity index is 2.27. The van der Waals surface area contributed by atoms with Crippen LogP contribution < -0.4 is 5.73 Å². The van der Waals surface area contributed by atoms with Gasteiger partial charge in [0, 0.05) is 12.5 Å². The highest BCUT2D eigenvalue weighted by molar-refractivity contribution is 6.33. The van der Waals surface area contributed by atoms with E-state index in [-0.39, 0.29) is 6.04 Å². The maximum atomic E-state index is 6.22. The van der Waals surface area contributed by atoms with Crippen molar-refractivity contribution in [1.29, 1.82) is 0 Å². The van der Waals surface area contributed by atoms with Crippen molar-refractivity contribution in [3.63, 3.8) is 0 Å². The molecule has 1 atom stereocenters. The first-order valence-electron chi connectivity index (χ1n) is 5.95. The molecule has 5 heteroatoms. The van der Waals surface area contributed by atoms with Crippen LogP contribution in [0.4, 0.5) is 0 Å². The summed E-state index contributed by atoms with van der Waals surface area (Å²) >= 11 is 6.22. The Labute approximate surface area is 111 Å². The molecule has 2 aromatic rings. The number of aromatic nitrogens is 2. The van der Waals surface area contributed by atoms with Gasteiger partial charge in [0.05, 0.1) is 10.6 Å². The molecule has 2 N–H and O–H groups in total. The van der Waals surface area contributed by atoms with E-state index in [2.05, 4.69) is 10.1 Å². The van der Waals surface area contributed by atoms with Gasteiger partial charge in [-0.05, 0) is 25.0 Å². The molecule has 2 rings (SSSR count). The topological polar surface area (TPSA) is 64.9 Å². The Hall–Kier alpha value is -1.39. The normalized spacial score (nSPS) is 12.7. The van der Waals surface area contributed by atoms with E-state index >= 15 is 0 Å². The monoisotopic (exact) mass is 265 g/mol. The SMILES string of the molecule is CCC(N)Cc1noc(-c2cccc(C)c2Cl)n1. The molecule has 0 radical (unpaired) electrons. The first-order chi connectivity index (χ1) is 8.61. The fraction of sp³-hybridized carbons (Fsp3) is 0.385. The number of aryl methyl sites for hydroxylation is 1. The van der Waals surface area contributed by atoms with Crippen molar-refractivity contribution in [3.8, 4) is 11.5 Å². The van der Waals surface area contributed by atoms with Gasteiger partial charge in [-0.1, -0.05) is 35.8 Å². The maximum absolute atomic E-state index is 6.22. The van der Waals surface area contributed by atoms with Crippen molar-refractivity contribution >= 4 is 11.6 Å². The lowest BCUT2D eigenvalue weighted by atomic mass is 10.1. The molecule has 1 aromatic carbocycles. The molecule has 0 saturated heterocycles. The lowest BCUT2D eigenvalue weighted by Crippen LogP contribution is -2.21. The van der Waals surface area contributed by atoms with E-state index in [0.29, 0.717) is 23.2 Å². The molecule has 0 aliphatic heterocycles. The van der Waals surface area contributed by atoms with Crippen LogP contribution >= 0.6 is 11.6 Å². The molecular formula is C13H16ClN3O. The predicted molar refractivity (Wildman–Crippen MR) is 71.5 cm³/mol. The quantitative estimate of drug-likeness (QED) is 0.923. The highest BCUT2D eigenvalue weighted by atomic mass is 35.5. The van der Waals surface area contributed by atoms with E-state index in [1.165, 1.54) is 0 Å². The van der Waals surface area contributed by atoms with E-state index in [0.717, 1.165) is 17.5 Å². The van der Waals surface area contributed by atoms with Crippen LogP contribution in [0.25, 0.3) is 11.5 Å². The van der Waals surface area contributed by atoms with Gasteiger partial charge in [-0.3, -0.25) is 0 Å². The van der Waals surface area contributed by atoms with Crippen LogP contribution in [0.15, 0.2) is 22.7 Å². The number of benzene rings is 1. The Kier molecular flexibility index (Phi) is 3.99. The maximum Gasteiger partial charge on any atom is 0.259 e. The van der Waals surface area contributed by atoms with Gasteiger partial charge in [0.25, 0.3) is 5.89 Å². The van der Waals surface area contributed by atoms with Crippen LogP contribution in [0.5, 0.6) is 0 Å². The molecule has 0 amide bonds. The highest BCUT2D eigenvalue weighted by Gasteiger charge is 2.14. The summed E-state index contributed by atoms with van der Waals surface area (Å²) in [4.78, 5) is 4.33. The van der Waals surface area contributed by atoms with Crippen LogP contribution in [0.1, 0.15) is 24.7 Å². The molecule has 0 bridgehead atoms. The minimum absolute atomic E-state index is 0.0587. The standard InChI is InChI=1S/C13H16ClN3O/c1-3-9(15)7-11-16-13(18-17-11)10-6-4-5-8(2)12(10)14/h4-6,9H,3,7,15H2,1-2H3. The molecule has 0 aliphatic rings. The summed E-state index contributed by atoms with van der Waals surface area (Å²) in [5.41, 5.74) is 7.61. The van der Waals surface area contributed by atoms with E-state index < -0.39 is 0 Å². The zero-order chi connectivity index (χ0) is 13.1. The van der Waals surface area contributed by atoms with E-state index in [1.807, 2.05) is 32.0 Å². The third-order valence-electron chi connectivity index (χ3n) is 2.86. The lowest BCUT2D eigenvalue weighted by Gasteiger charge is -2.03. The smallest absolute Gasteiger partial charge is 0.259 e. The van der Waals surface area contributed by atoms with Gasteiger partial charge < -0.3 is 10.3 Å². The van der Waals surface area contributed by atoms with Gasteiger partial charge >= 0.3 is 0 Å². The summed E-state index contributed by atoms with van der Waals surface area (Å²) < 4.78 is 5.23. The molecule has 4 nitrogen and oxygen atoms in total. The molecule has 1 heterocycles. The molecule has 0 saturated carbocycles. The summed E-state index contributed by atoms with van der Waals surface area (Å²) in [6.07, 6.45) is 1.50. The molecule has 18 heavy (non-hydrogen) atoms. The first kappa shape index (κ1) is 13.1. The molecule has 0 spiro atoms. The Morgan fingerprint density at radius 1 is 1.44 bits per heavy atom. The van der Waals surface area contributed by atoms with E-state index in [4.69, 9.17) is 21.9 Å². The third kappa shape index (κ3) is 2.71. The van der Waals surface area contributed by atoms with Crippen LogP contribution in [0.3, 0.4) is 0 Å². The summed E-state index contributed by atoms with van der Waals surface area (Å²) in [5.74, 6) is 1.07. The fourth-order valence-corrected chi connectivity index (χ4v) is 1.84. The highest BCUT2D eigenvalue weighted by Crippen LogP contribution is 2.29. The van der Waals surface area contributed by atoms with E-state index in [9.17, 15) is 0 Å². The molecule has 96 valence electrons. The van der Waals surface area contributed by atoms with Crippen molar-refractivity contribution < 1.29 is 4.52 Å². The molecular weight excluding hydrogens is 250 g/mol. The molecule has 1 aromatic heterocycles. The first-order valence-corrected chi connectivity index (χ1v) is 6.33. The zero-order valence-corrected chi connectivity index (χ0v) is 11.2. The third-order valence-corrected chi connectivity index (χ3v) is 3.36. The Morgan fingerprint density at radius 3 is 2.94 bits per heavy atom. The lowest BCUT2D eigenvalue weighted by molar-refractivity contribution is 0.419. The molecule has 0 fully saturated rings. The van der Waals surface area contributed by atoms with Crippen LogP contribution in [0.2, 0.25) is 5.02 Å². The van der Waals surface area contributed by atoms with Crippen molar-refractivity contribution in [2.24, 2.45) is 5.73 Å². The summed E-state index contributed by atoms with van der Waals surface area (Å²) in [6.45, 7) is 3.97. The Bertz CT molecular complexity index is 539. The number of nitrogens with two attached hydrogens (primary N) is 1. The second-order valence-corrected chi connectivity index (χ2v) is 4.70. The van der Waals surface area contributed by atoms with Gasteiger partial charge in [-0.25, -0.2) is 0 Å². The van der Waals surface area contributed by atoms with Gasteiger partial charge in [0.2, 0.25) is 0 Å². The second kappa shape index (κ2) is 5.50. The average molecular weight is 266 g/mol. The Morgan fingerprint density at radius 2 is 2.22 bits per heavy atom. The van der Waals surface area contributed by atoms with Crippen molar-refractivity contribution in [3.05, 3.63) is 34.6 Å². The van der Waals surface area contributed by atoms with Crippen LogP contribution in [-0.2, 0) is 6.42 Å². The number of rotatable bonds is 4. The molecule has 1 unspecified atom stereocenters. The minimum Gasteiger partial charge on any atom is -0.334 e. The van der Waals surface area contributed by atoms with E-state index in [1.54, 1.807) is 0 Å².